The van der Waals surface area contributed by atoms with Crippen molar-refractivity contribution in [2.75, 3.05) is 25.7 Å². The molecule has 26 heavy (non-hydrogen) atoms. The molecule has 1 saturated heterocycles. The van der Waals surface area contributed by atoms with Crippen LogP contribution >= 0.6 is 0 Å². The highest BCUT2D eigenvalue weighted by molar-refractivity contribution is 7.96. The summed E-state index contributed by atoms with van der Waals surface area (Å²) in [4.78, 5) is 0.0514. The van der Waals surface area contributed by atoms with E-state index in [-0.39, 0.29) is 22.4 Å². The number of hydrogen-bond donors (Lipinski definition) is 1. The lowest BCUT2D eigenvalue weighted by Gasteiger charge is -2.23. The first-order valence-electron chi connectivity index (χ1n) is 8.69. The summed E-state index contributed by atoms with van der Waals surface area (Å²) in [7, 11) is -4.34. The van der Waals surface area contributed by atoms with Gasteiger partial charge in [0, 0.05) is 18.2 Å². The molecular formula is C17H25NO6S2. The first kappa shape index (κ1) is 19.4. The zero-order valence-electron chi connectivity index (χ0n) is 15.0. The van der Waals surface area contributed by atoms with Crippen LogP contribution in [0.25, 0.3) is 0 Å². The summed E-state index contributed by atoms with van der Waals surface area (Å²) < 4.78 is 61.0. The summed E-state index contributed by atoms with van der Waals surface area (Å²) in [6.45, 7) is 0. The Morgan fingerprint density at radius 2 is 1.69 bits per heavy atom. The third kappa shape index (κ3) is 3.84. The van der Waals surface area contributed by atoms with Gasteiger partial charge in [-0.3, -0.25) is 0 Å². The molecular weight excluding hydrogens is 378 g/mol. The largest absolute Gasteiger partial charge is 0.493 e. The van der Waals surface area contributed by atoms with Gasteiger partial charge >= 0.3 is 0 Å². The summed E-state index contributed by atoms with van der Waals surface area (Å²) in [5.74, 6) is 0.232. The Morgan fingerprint density at radius 3 is 2.31 bits per heavy atom. The summed E-state index contributed by atoms with van der Waals surface area (Å²) >= 11 is 0. The summed E-state index contributed by atoms with van der Waals surface area (Å²) in [6, 6.07) is 3.96. The van der Waals surface area contributed by atoms with E-state index < -0.39 is 31.0 Å². The third-order valence-electron chi connectivity index (χ3n) is 5.19. The smallest absolute Gasteiger partial charge is 0.183 e. The van der Waals surface area contributed by atoms with Gasteiger partial charge in [0.1, 0.15) is 0 Å². The van der Waals surface area contributed by atoms with Gasteiger partial charge in [0.2, 0.25) is 0 Å². The highest BCUT2D eigenvalue weighted by atomic mass is 32.2. The lowest BCUT2D eigenvalue weighted by molar-refractivity contribution is 0.354. The van der Waals surface area contributed by atoms with Crippen LogP contribution in [0.3, 0.4) is 0 Å². The second kappa shape index (κ2) is 7.36. The molecule has 1 N–H and O–H groups in total. The van der Waals surface area contributed by atoms with Gasteiger partial charge in [0.05, 0.1) is 35.9 Å². The summed E-state index contributed by atoms with van der Waals surface area (Å²) in [6.07, 6.45) is 4.09. The van der Waals surface area contributed by atoms with E-state index in [9.17, 15) is 16.8 Å². The SMILES string of the molecule is COc1ccc(S(=O)(=O)[C@H]2CS(=O)(=O)C[C@@H]2NC2CCCC2)cc1OC. The molecule has 2 atom stereocenters. The topological polar surface area (TPSA) is 98.8 Å². The lowest BCUT2D eigenvalue weighted by atomic mass is 10.2. The van der Waals surface area contributed by atoms with Gasteiger partial charge in [-0.2, -0.15) is 0 Å². The zero-order valence-corrected chi connectivity index (χ0v) is 16.6. The van der Waals surface area contributed by atoms with Gasteiger partial charge in [0.25, 0.3) is 0 Å². The molecule has 3 rings (SSSR count). The molecule has 0 unspecified atom stereocenters. The van der Waals surface area contributed by atoms with E-state index in [2.05, 4.69) is 5.32 Å². The predicted octanol–water partition coefficient (Wildman–Crippen LogP) is 1.18. The maximum atomic E-state index is 13.2. The molecule has 1 aliphatic carbocycles. The Kier molecular flexibility index (Phi) is 5.50. The van der Waals surface area contributed by atoms with E-state index >= 15 is 0 Å². The molecule has 0 spiro atoms. The van der Waals surface area contributed by atoms with Gasteiger partial charge < -0.3 is 14.8 Å². The van der Waals surface area contributed by atoms with Crippen molar-refractivity contribution >= 4 is 19.7 Å². The molecule has 1 aromatic carbocycles. The second-order valence-corrected chi connectivity index (χ2v) is 11.3. The van der Waals surface area contributed by atoms with Crippen molar-refractivity contribution in [1.29, 1.82) is 0 Å². The second-order valence-electron chi connectivity index (χ2n) is 6.93. The zero-order chi connectivity index (χ0) is 18.9. The predicted molar refractivity (Wildman–Crippen MR) is 98.4 cm³/mol. The van der Waals surface area contributed by atoms with E-state index in [1.165, 1.54) is 32.4 Å². The Balaban J connectivity index is 1.92. The Hall–Kier alpha value is -1.32. The van der Waals surface area contributed by atoms with Crippen LogP contribution in [0.1, 0.15) is 25.7 Å². The standard InChI is InChI=1S/C17H25NO6S2/c1-23-15-8-7-13(9-16(15)24-2)26(21,22)17-11-25(19,20)10-14(17)18-12-5-3-4-6-12/h7-9,12,14,17-18H,3-6,10-11H2,1-2H3/t14-,17-/m0/s1. The van der Waals surface area contributed by atoms with Crippen molar-refractivity contribution in [3.8, 4) is 11.5 Å². The lowest BCUT2D eigenvalue weighted by Crippen LogP contribution is -2.47. The number of sulfone groups is 2. The molecule has 1 saturated carbocycles. The normalized spacial score (nSPS) is 26.1. The molecule has 0 bridgehead atoms. The van der Waals surface area contributed by atoms with Gasteiger partial charge in [0.15, 0.2) is 31.2 Å². The van der Waals surface area contributed by atoms with Crippen molar-refractivity contribution in [3.63, 3.8) is 0 Å². The minimum absolute atomic E-state index is 0.0514. The third-order valence-corrected chi connectivity index (χ3v) is 9.34. The average molecular weight is 404 g/mol. The monoisotopic (exact) mass is 403 g/mol. The van der Waals surface area contributed by atoms with Crippen molar-refractivity contribution in [2.45, 2.75) is 47.9 Å². The van der Waals surface area contributed by atoms with Gasteiger partial charge in [-0.1, -0.05) is 12.8 Å². The number of rotatable bonds is 6. The number of methoxy groups -OCH3 is 2. The number of benzene rings is 1. The van der Waals surface area contributed by atoms with Crippen LogP contribution in [-0.4, -0.2) is 59.9 Å². The van der Waals surface area contributed by atoms with Crippen molar-refractivity contribution in [3.05, 3.63) is 18.2 Å². The first-order valence-corrected chi connectivity index (χ1v) is 12.1. The fourth-order valence-corrected chi connectivity index (χ4v) is 8.53. The maximum absolute atomic E-state index is 13.2. The minimum atomic E-state index is -3.84. The van der Waals surface area contributed by atoms with E-state index in [1.807, 2.05) is 0 Å². The molecule has 2 fully saturated rings. The fourth-order valence-electron chi connectivity index (χ4n) is 3.84. The van der Waals surface area contributed by atoms with Crippen LogP contribution in [0.4, 0.5) is 0 Å². The molecule has 146 valence electrons. The van der Waals surface area contributed by atoms with Crippen molar-refractivity contribution in [1.82, 2.24) is 5.32 Å². The van der Waals surface area contributed by atoms with Crippen LogP contribution in [-0.2, 0) is 19.7 Å². The van der Waals surface area contributed by atoms with Crippen LogP contribution in [0.5, 0.6) is 11.5 Å². The molecule has 1 aromatic rings. The quantitative estimate of drug-likeness (QED) is 0.761. The van der Waals surface area contributed by atoms with Crippen LogP contribution in [0, 0.1) is 0 Å². The highest BCUT2D eigenvalue weighted by Gasteiger charge is 2.46. The van der Waals surface area contributed by atoms with Gasteiger partial charge in [-0.15, -0.1) is 0 Å². The number of nitrogens with one attached hydrogen (secondary N) is 1. The summed E-state index contributed by atoms with van der Waals surface area (Å²) in [5, 5.41) is 2.30. The van der Waals surface area contributed by atoms with Gasteiger partial charge in [-0.05, 0) is 25.0 Å². The fraction of sp³-hybridized carbons (Fsp3) is 0.647. The van der Waals surface area contributed by atoms with E-state index in [0.29, 0.717) is 11.5 Å². The van der Waals surface area contributed by atoms with E-state index in [4.69, 9.17) is 9.47 Å². The maximum Gasteiger partial charge on any atom is 0.183 e. The van der Waals surface area contributed by atoms with E-state index in [1.54, 1.807) is 0 Å². The van der Waals surface area contributed by atoms with Crippen molar-refractivity contribution in [2.24, 2.45) is 0 Å². The molecule has 2 aliphatic rings. The van der Waals surface area contributed by atoms with Crippen LogP contribution in [0.15, 0.2) is 23.1 Å². The molecule has 0 amide bonds. The molecule has 0 aromatic heterocycles. The Morgan fingerprint density at radius 1 is 1.04 bits per heavy atom. The average Bonchev–Trinajstić information content (AvgIpc) is 3.21. The molecule has 0 radical (unpaired) electrons. The number of hydrogen-bond acceptors (Lipinski definition) is 7. The van der Waals surface area contributed by atoms with E-state index in [0.717, 1.165) is 25.7 Å². The van der Waals surface area contributed by atoms with Crippen LogP contribution < -0.4 is 14.8 Å². The molecule has 1 aliphatic heterocycles. The highest BCUT2D eigenvalue weighted by Crippen LogP contribution is 2.33. The number of ether oxygens (including phenoxy) is 2. The first-order chi connectivity index (χ1) is 12.3. The Labute approximate surface area is 154 Å². The summed E-state index contributed by atoms with van der Waals surface area (Å²) in [5.41, 5.74) is 0. The molecule has 7 nitrogen and oxygen atoms in total. The molecule has 9 heteroatoms. The Bertz CT molecular complexity index is 859. The van der Waals surface area contributed by atoms with Crippen LogP contribution in [0.2, 0.25) is 0 Å². The van der Waals surface area contributed by atoms with Crippen molar-refractivity contribution < 1.29 is 26.3 Å². The minimum Gasteiger partial charge on any atom is -0.493 e. The molecule has 1 heterocycles. The van der Waals surface area contributed by atoms with Gasteiger partial charge in [-0.25, -0.2) is 16.8 Å².